The van der Waals surface area contributed by atoms with Crippen LogP contribution in [-0.4, -0.2) is 44.5 Å². The quantitative estimate of drug-likeness (QED) is 0.902. The average molecular weight is 313 g/mol. The molecular formula is C16H23N7. The van der Waals surface area contributed by atoms with E-state index in [9.17, 15) is 0 Å². The first-order chi connectivity index (χ1) is 11.1. The van der Waals surface area contributed by atoms with Gasteiger partial charge in [-0.05, 0) is 25.3 Å². The lowest BCUT2D eigenvalue weighted by molar-refractivity contribution is 0.427. The van der Waals surface area contributed by atoms with E-state index in [1.807, 2.05) is 6.20 Å². The molecule has 0 radical (unpaired) electrons. The van der Waals surface area contributed by atoms with E-state index in [1.54, 1.807) is 0 Å². The molecule has 0 aromatic carbocycles. The molecule has 0 fully saturated rings. The summed E-state index contributed by atoms with van der Waals surface area (Å²) in [6, 6.07) is 0. The van der Waals surface area contributed by atoms with Crippen molar-refractivity contribution in [1.82, 2.24) is 25.1 Å². The molecule has 2 aromatic heterocycles. The van der Waals surface area contributed by atoms with Crippen LogP contribution in [0.5, 0.6) is 0 Å². The SMILES string of the molecule is CCC(CN(C)C1=Nc2c(N)ncnc2CC1)c1[nH]ncc1C. The maximum absolute atomic E-state index is 5.94. The number of aromatic nitrogens is 4. The van der Waals surface area contributed by atoms with Gasteiger partial charge < -0.3 is 10.6 Å². The fraction of sp³-hybridized carbons (Fsp3) is 0.500. The van der Waals surface area contributed by atoms with E-state index in [4.69, 9.17) is 10.7 Å². The van der Waals surface area contributed by atoms with E-state index >= 15 is 0 Å². The van der Waals surface area contributed by atoms with Crippen LogP contribution in [0.15, 0.2) is 17.5 Å². The second-order valence-corrected chi connectivity index (χ2v) is 6.03. The Morgan fingerprint density at radius 3 is 2.87 bits per heavy atom. The Kier molecular flexibility index (Phi) is 4.27. The van der Waals surface area contributed by atoms with E-state index in [-0.39, 0.29) is 0 Å². The Morgan fingerprint density at radius 2 is 2.17 bits per heavy atom. The Labute approximate surface area is 136 Å². The molecule has 0 aliphatic carbocycles. The van der Waals surface area contributed by atoms with Crippen molar-refractivity contribution in [2.45, 2.75) is 39.0 Å². The summed E-state index contributed by atoms with van der Waals surface area (Å²) in [5.41, 5.74) is 10.0. The summed E-state index contributed by atoms with van der Waals surface area (Å²) in [7, 11) is 2.08. The fourth-order valence-corrected chi connectivity index (χ4v) is 3.06. The number of nitrogens with one attached hydrogen (secondary N) is 1. The fourth-order valence-electron chi connectivity index (χ4n) is 3.06. The standard InChI is InChI=1S/C16H23N7/c1-4-11(14-10(2)7-20-22-14)8-23(3)13-6-5-12-15(21-13)16(17)19-9-18-12/h7,9,11H,4-6,8H2,1-3H3,(H,20,22)(H2,17,18,19). The number of fused-ring (bicyclic) bond motifs is 1. The van der Waals surface area contributed by atoms with Crippen LogP contribution in [0.2, 0.25) is 0 Å². The molecule has 1 aliphatic rings. The summed E-state index contributed by atoms with van der Waals surface area (Å²) >= 11 is 0. The molecule has 0 spiro atoms. The number of nitrogens with zero attached hydrogens (tertiary/aromatic N) is 5. The zero-order chi connectivity index (χ0) is 16.4. The highest BCUT2D eigenvalue weighted by atomic mass is 15.2. The number of aromatic amines is 1. The van der Waals surface area contributed by atoms with Crippen LogP contribution in [0, 0.1) is 6.92 Å². The molecule has 1 unspecified atom stereocenters. The number of H-pyrrole nitrogens is 1. The number of hydrogen-bond donors (Lipinski definition) is 2. The Balaban J connectivity index is 1.80. The summed E-state index contributed by atoms with van der Waals surface area (Å²) in [6.07, 6.45) is 6.16. The minimum absolute atomic E-state index is 0.399. The number of amidine groups is 1. The van der Waals surface area contributed by atoms with Crippen LogP contribution in [0.3, 0.4) is 0 Å². The molecular weight excluding hydrogens is 290 g/mol. The lowest BCUT2D eigenvalue weighted by Gasteiger charge is -2.28. The molecule has 2 aromatic rings. The highest BCUT2D eigenvalue weighted by Crippen LogP contribution is 2.29. The summed E-state index contributed by atoms with van der Waals surface area (Å²) in [5, 5.41) is 7.28. The van der Waals surface area contributed by atoms with Crippen molar-refractivity contribution < 1.29 is 0 Å². The second kappa shape index (κ2) is 6.36. The van der Waals surface area contributed by atoms with Gasteiger partial charge in [-0.3, -0.25) is 5.10 Å². The largest absolute Gasteiger partial charge is 0.382 e. The number of aryl methyl sites for hydroxylation is 2. The first-order valence-electron chi connectivity index (χ1n) is 7.98. The van der Waals surface area contributed by atoms with Crippen molar-refractivity contribution in [3.05, 3.63) is 29.5 Å². The number of nitrogens with two attached hydrogens (primary N) is 1. The van der Waals surface area contributed by atoms with Gasteiger partial charge in [0.15, 0.2) is 5.82 Å². The van der Waals surface area contributed by atoms with E-state index in [0.717, 1.165) is 43.0 Å². The molecule has 7 nitrogen and oxygen atoms in total. The van der Waals surface area contributed by atoms with E-state index in [1.165, 1.54) is 17.6 Å². The molecule has 3 rings (SSSR count). The molecule has 1 aliphatic heterocycles. The van der Waals surface area contributed by atoms with Gasteiger partial charge in [0.2, 0.25) is 0 Å². The predicted octanol–water partition coefficient (Wildman–Crippen LogP) is 2.19. The van der Waals surface area contributed by atoms with Crippen molar-refractivity contribution in [3.8, 4) is 0 Å². The molecule has 3 heterocycles. The van der Waals surface area contributed by atoms with Crippen LogP contribution in [0.4, 0.5) is 11.5 Å². The van der Waals surface area contributed by atoms with Crippen molar-refractivity contribution in [1.29, 1.82) is 0 Å². The van der Waals surface area contributed by atoms with Gasteiger partial charge in [0.1, 0.15) is 17.9 Å². The van der Waals surface area contributed by atoms with Crippen LogP contribution >= 0.6 is 0 Å². The topological polar surface area (TPSA) is 96.1 Å². The number of likely N-dealkylation sites (N-methyl/N-ethyl adjacent to an activating group) is 1. The van der Waals surface area contributed by atoms with Crippen LogP contribution < -0.4 is 5.73 Å². The molecule has 122 valence electrons. The zero-order valence-electron chi connectivity index (χ0n) is 13.9. The van der Waals surface area contributed by atoms with Gasteiger partial charge in [-0.2, -0.15) is 5.10 Å². The first-order valence-corrected chi connectivity index (χ1v) is 7.98. The van der Waals surface area contributed by atoms with Crippen molar-refractivity contribution >= 4 is 17.3 Å². The van der Waals surface area contributed by atoms with Gasteiger partial charge in [-0.15, -0.1) is 0 Å². The third-order valence-corrected chi connectivity index (χ3v) is 4.46. The summed E-state index contributed by atoms with van der Waals surface area (Å²) < 4.78 is 0. The van der Waals surface area contributed by atoms with Gasteiger partial charge in [-0.1, -0.05) is 6.92 Å². The van der Waals surface area contributed by atoms with Crippen LogP contribution in [0.1, 0.15) is 42.6 Å². The van der Waals surface area contributed by atoms with Crippen molar-refractivity contribution in [3.63, 3.8) is 0 Å². The van der Waals surface area contributed by atoms with E-state index < -0.39 is 0 Å². The number of hydrogen-bond acceptors (Lipinski definition) is 6. The lowest BCUT2D eigenvalue weighted by atomic mass is 9.98. The lowest BCUT2D eigenvalue weighted by Crippen LogP contribution is -2.32. The summed E-state index contributed by atoms with van der Waals surface area (Å²) in [6.45, 7) is 5.18. The first kappa shape index (κ1) is 15.5. The molecule has 7 heteroatoms. The van der Waals surface area contributed by atoms with E-state index in [2.05, 4.69) is 46.0 Å². The van der Waals surface area contributed by atoms with Crippen LogP contribution in [0.25, 0.3) is 0 Å². The third-order valence-electron chi connectivity index (χ3n) is 4.46. The average Bonchev–Trinajstić information content (AvgIpc) is 2.98. The predicted molar refractivity (Wildman–Crippen MR) is 90.8 cm³/mol. The van der Waals surface area contributed by atoms with Crippen molar-refractivity contribution in [2.75, 3.05) is 19.3 Å². The molecule has 0 amide bonds. The van der Waals surface area contributed by atoms with Gasteiger partial charge >= 0.3 is 0 Å². The number of aliphatic imine (C=N–C) groups is 1. The van der Waals surface area contributed by atoms with Gasteiger partial charge in [0.25, 0.3) is 0 Å². The maximum atomic E-state index is 5.94. The normalized spacial score (nSPS) is 15.0. The number of rotatable bonds is 4. The van der Waals surface area contributed by atoms with Gasteiger partial charge in [-0.25, -0.2) is 15.0 Å². The maximum Gasteiger partial charge on any atom is 0.153 e. The molecule has 0 saturated carbocycles. The summed E-state index contributed by atoms with van der Waals surface area (Å²) in [4.78, 5) is 15.2. The Hall–Kier alpha value is -2.44. The highest BCUT2D eigenvalue weighted by Gasteiger charge is 2.22. The Morgan fingerprint density at radius 1 is 1.35 bits per heavy atom. The molecule has 1 atom stereocenters. The minimum Gasteiger partial charge on any atom is -0.382 e. The number of anilines is 1. The molecule has 23 heavy (non-hydrogen) atoms. The van der Waals surface area contributed by atoms with Crippen LogP contribution in [-0.2, 0) is 6.42 Å². The smallest absolute Gasteiger partial charge is 0.153 e. The second-order valence-electron chi connectivity index (χ2n) is 6.03. The molecule has 0 saturated heterocycles. The number of nitrogen functional groups attached to an aromatic ring is 1. The van der Waals surface area contributed by atoms with Gasteiger partial charge in [0.05, 0.1) is 11.9 Å². The minimum atomic E-state index is 0.399. The molecule has 3 N–H and O–H groups in total. The monoisotopic (exact) mass is 313 g/mol. The zero-order valence-corrected chi connectivity index (χ0v) is 13.9. The van der Waals surface area contributed by atoms with Crippen molar-refractivity contribution in [2.24, 2.45) is 4.99 Å². The Bertz CT molecular complexity index is 719. The van der Waals surface area contributed by atoms with E-state index in [0.29, 0.717) is 11.7 Å². The highest BCUT2D eigenvalue weighted by molar-refractivity contribution is 5.88. The van der Waals surface area contributed by atoms with Gasteiger partial charge in [0, 0.05) is 31.6 Å². The summed E-state index contributed by atoms with van der Waals surface area (Å²) in [5.74, 6) is 1.89. The molecule has 0 bridgehead atoms. The third kappa shape index (κ3) is 3.04.